The van der Waals surface area contributed by atoms with Gasteiger partial charge < -0.3 is 0 Å². The van der Waals surface area contributed by atoms with Crippen LogP contribution in [-0.2, 0) is 0 Å². The normalized spacial score (nSPS) is 36.3. The van der Waals surface area contributed by atoms with Crippen LogP contribution in [0.25, 0.3) is 0 Å². The molecule has 1 aliphatic heterocycles. The van der Waals surface area contributed by atoms with Crippen LogP contribution in [0.3, 0.4) is 0 Å². The van der Waals surface area contributed by atoms with Crippen LogP contribution in [0.15, 0.2) is 0 Å². The number of hydrogen-bond donors (Lipinski definition) is 0. The van der Waals surface area contributed by atoms with Gasteiger partial charge in [-0.3, -0.25) is 4.90 Å². The number of alkyl halides is 1. The molecule has 2 aliphatic rings. The van der Waals surface area contributed by atoms with E-state index in [4.69, 9.17) is 11.6 Å². The van der Waals surface area contributed by atoms with Gasteiger partial charge >= 0.3 is 0 Å². The maximum absolute atomic E-state index is 6.11. The minimum absolute atomic E-state index is 0.307. The van der Waals surface area contributed by atoms with Gasteiger partial charge in [-0.2, -0.15) is 0 Å². The molecule has 1 saturated heterocycles. The number of hydrogen-bond acceptors (Lipinski definition) is 1. The van der Waals surface area contributed by atoms with Gasteiger partial charge in [0.1, 0.15) is 0 Å². The van der Waals surface area contributed by atoms with Crippen LogP contribution in [0, 0.1) is 6.42 Å². The SMILES string of the molecule is ClC1C[CH]CCN1C1CC1. The van der Waals surface area contributed by atoms with Gasteiger partial charge in [0.15, 0.2) is 0 Å². The highest BCUT2D eigenvalue weighted by Crippen LogP contribution is 2.33. The molecule has 1 nitrogen and oxygen atoms in total. The molecule has 2 heteroatoms. The van der Waals surface area contributed by atoms with Gasteiger partial charge in [-0.1, -0.05) is 0 Å². The summed E-state index contributed by atoms with van der Waals surface area (Å²) in [6, 6.07) is 0.844. The lowest BCUT2D eigenvalue weighted by molar-refractivity contribution is 0.216. The van der Waals surface area contributed by atoms with Crippen molar-refractivity contribution in [2.24, 2.45) is 0 Å². The Bertz CT molecular complexity index is 122. The van der Waals surface area contributed by atoms with Crippen molar-refractivity contribution in [1.29, 1.82) is 0 Å². The average Bonchev–Trinajstić information content (AvgIpc) is 2.71. The van der Waals surface area contributed by atoms with Crippen LogP contribution in [0.5, 0.6) is 0 Å². The van der Waals surface area contributed by atoms with Crippen molar-refractivity contribution in [3.05, 3.63) is 6.42 Å². The van der Waals surface area contributed by atoms with Gasteiger partial charge in [-0.15, -0.1) is 11.6 Å². The molecule has 0 bridgehead atoms. The smallest absolute Gasteiger partial charge is 0.0855 e. The number of nitrogens with zero attached hydrogens (tertiary/aromatic N) is 1. The zero-order valence-electron chi connectivity index (χ0n) is 6.09. The second-order valence-electron chi connectivity index (χ2n) is 3.22. The molecule has 0 spiro atoms. The largest absolute Gasteiger partial charge is 0.284 e. The minimum atomic E-state index is 0.307. The first-order valence-corrected chi connectivity index (χ1v) is 4.53. The summed E-state index contributed by atoms with van der Waals surface area (Å²) < 4.78 is 0. The lowest BCUT2D eigenvalue weighted by Gasteiger charge is -2.31. The Hall–Kier alpha value is 0.250. The molecule has 10 heavy (non-hydrogen) atoms. The molecule has 0 amide bonds. The number of rotatable bonds is 1. The molecule has 0 aromatic rings. The highest BCUT2D eigenvalue weighted by molar-refractivity contribution is 6.20. The van der Waals surface area contributed by atoms with Crippen LogP contribution >= 0.6 is 11.6 Å². The summed E-state index contributed by atoms with van der Waals surface area (Å²) in [5.74, 6) is 0. The molecule has 2 fully saturated rings. The van der Waals surface area contributed by atoms with Crippen LogP contribution < -0.4 is 0 Å². The van der Waals surface area contributed by atoms with Gasteiger partial charge in [0.05, 0.1) is 5.50 Å². The molecule has 1 unspecified atom stereocenters. The second kappa shape index (κ2) is 2.71. The van der Waals surface area contributed by atoms with Crippen molar-refractivity contribution >= 4 is 11.6 Å². The highest BCUT2D eigenvalue weighted by Gasteiger charge is 2.34. The average molecular weight is 159 g/mol. The Kier molecular flexibility index (Phi) is 1.88. The number of piperidine rings is 1. The third kappa shape index (κ3) is 1.30. The van der Waals surface area contributed by atoms with Crippen molar-refractivity contribution < 1.29 is 0 Å². The van der Waals surface area contributed by atoms with E-state index in [1.54, 1.807) is 0 Å². The summed E-state index contributed by atoms with van der Waals surface area (Å²) in [5.41, 5.74) is 0.307. The van der Waals surface area contributed by atoms with E-state index in [1.807, 2.05) is 0 Å². The van der Waals surface area contributed by atoms with E-state index in [0.29, 0.717) is 5.50 Å². The lowest BCUT2D eigenvalue weighted by Crippen LogP contribution is -2.37. The van der Waals surface area contributed by atoms with Crippen molar-refractivity contribution in [2.75, 3.05) is 6.54 Å². The third-order valence-electron chi connectivity index (χ3n) is 2.33. The van der Waals surface area contributed by atoms with Crippen molar-refractivity contribution in [3.63, 3.8) is 0 Å². The van der Waals surface area contributed by atoms with E-state index >= 15 is 0 Å². The fraction of sp³-hybridized carbons (Fsp3) is 0.875. The second-order valence-corrected chi connectivity index (χ2v) is 3.72. The molecule has 1 atom stereocenters. The van der Waals surface area contributed by atoms with E-state index < -0.39 is 0 Å². The van der Waals surface area contributed by atoms with Crippen LogP contribution in [0.2, 0.25) is 0 Å². The Balaban J connectivity index is 1.90. The predicted octanol–water partition coefficient (Wildman–Crippen LogP) is 2.01. The molecular formula is C8H13ClN. The van der Waals surface area contributed by atoms with Crippen molar-refractivity contribution in [1.82, 2.24) is 4.90 Å². The van der Waals surface area contributed by atoms with Crippen LogP contribution in [0.4, 0.5) is 0 Å². The van der Waals surface area contributed by atoms with E-state index in [2.05, 4.69) is 11.3 Å². The molecule has 1 saturated carbocycles. The standard InChI is InChI=1S/C8H13ClN/c9-8-3-1-2-6-10(8)7-4-5-7/h1,7-8H,2-6H2. The summed E-state index contributed by atoms with van der Waals surface area (Å²) in [6.45, 7) is 1.19. The van der Waals surface area contributed by atoms with E-state index in [-0.39, 0.29) is 0 Å². The van der Waals surface area contributed by atoms with E-state index in [1.165, 1.54) is 25.8 Å². The number of halogens is 1. The summed E-state index contributed by atoms with van der Waals surface area (Å²) in [6.07, 6.45) is 7.38. The monoisotopic (exact) mass is 158 g/mol. The van der Waals surface area contributed by atoms with Gasteiger partial charge in [-0.25, -0.2) is 0 Å². The summed E-state index contributed by atoms with van der Waals surface area (Å²) in [7, 11) is 0. The minimum Gasteiger partial charge on any atom is -0.284 e. The fourth-order valence-electron chi connectivity index (χ4n) is 1.59. The molecule has 2 rings (SSSR count). The van der Waals surface area contributed by atoms with Gasteiger partial charge in [0, 0.05) is 12.6 Å². The first-order valence-electron chi connectivity index (χ1n) is 4.09. The first-order chi connectivity index (χ1) is 4.88. The summed E-state index contributed by atoms with van der Waals surface area (Å²) >= 11 is 6.11. The fourth-order valence-corrected chi connectivity index (χ4v) is 1.97. The Morgan fingerprint density at radius 1 is 1.40 bits per heavy atom. The Morgan fingerprint density at radius 2 is 2.20 bits per heavy atom. The first kappa shape index (κ1) is 6.93. The lowest BCUT2D eigenvalue weighted by atomic mass is 10.1. The topological polar surface area (TPSA) is 3.24 Å². The van der Waals surface area contributed by atoms with Crippen LogP contribution in [-0.4, -0.2) is 23.0 Å². The van der Waals surface area contributed by atoms with Gasteiger partial charge in [-0.05, 0) is 32.1 Å². The molecule has 1 radical (unpaired) electrons. The molecule has 0 aromatic heterocycles. The molecule has 1 heterocycles. The summed E-state index contributed by atoms with van der Waals surface area (Å²) in [4.78, 5) is 2.45. The molecule has 57 valence electrons. The quantitative estimate of drug-likeness (QED) is 0.417. The van der Waals surface area contributed by atoms with Crippen molar-refractivity contribution in [3.8, 4) is 0 Å². The third-order valence-corrected chi connectivity index (χ3v) is 2.76. The molecule has 0 aromatic carbocycles. The maximum Gasteiger partial charge on any atom is 0.0855 e. The molecule has 1 aliphatic carbocycles. The Labute approximate surface area is 67.3 Å². The maximum atomic E-state index is 6.11. The van der Waals surface area contributed by atoms with Gasteiger partial charge in [0.2, 0.25) is 0 Å². The molecule has 0 N–H and O–H groups in total. The zero-order chi connectivity index (χ0) is 6.97. The van der Waals surface area contributed by atoms with Gasteiger partial charge in [0.25, 0.3) is 0 Å². The zero-order valence-corrected chi connectivity index (χ0v) is 6.85. The van der Waals surface area contributed by atoms with Crippen LogP contribution in [0.1, 0.15) is 25.7 Å². The molecular weight excluding hydrogens is 146 g/mol. The summed E-state index contributed by atoms with van der Waals surface area (Å²) in [5, 5.41) is 0. The predicted molar refractivity (Wildman–Crippen MR) is 42.9 cm³/mol. The Morgan fingerprint density at radius 3 is 2.80 bits per heavy atom. The van der Waals surface area contributed by atoms with E-state index in [0.717, 1.165) is 12.5 Å². The van der Waals surface area contributed by atoms with Crippen molar-refractivity contribution in [2.45, 2.75) is 37.2 Å². The number of likely N-dealkylation sites (tertiary alicyclic amines) is 1. The highest BCUT2D eigenvalue weighted by atomic mass is 35.5. The van der Waals surface area contributed by atoms with E-state index in [9.17, 15) is 0 Å².